The third-order valence-electron chi connectivity index (χ3n) is 7.38. The van der Waals surface area contributed by atoms with Gasteiger partial charge in [0.1, 0.15) is 0 Å². The summed E-state index contributed by atoms with van der Waals surface area (Å²) in [5.41, 5.74) is -0.684. The molecule has 29 heavy (non-hydrogen) atoms. The van der Waals surface area contributed by atoms with Gasteiger partial charge < -0.3 is 29.7 Å². The smallest absolute Gasteiger partial charge is 0.507 e. The van der Waals surface area contributed by atoms with Crippen molar-refractivity contribution in [3.8, 4) is 0 Å². The van der Waals surface area contributed by atoms with Crippen LogP contribution in [0.2, 0.25) is 0 Å². The molecule has 7 heteroatoms. The molecule has 1 heterocycles. The first kappa shape index (κ1) is 24.0. The molecule has 4 aliphatic rings. The molecule has 2 N–H and O–H groups in total. The monoisotopic (exact) mass is 484 g/mol. The second-order valence-corrected chi connectivity index (χ2v) is 9.81. The standard InChI is InChI=1S/C22H33F2N2O2.Y/c23-22(24)12-10-21(28,11-13-22)16-26-14-20(15-26)8-6-17(7-9-20)19(27)25-18-4-2-1-3-5-18;/h2-3,17,28H,1,4-16H2,(H,25,27);/q-3;+3. The van der Waals surface area contributed by atoms with E-state index in [1.165, 1.54) is 0 Å². The van der Waals surface area contributed by atoms with Crippen LogP contribution in [-0.2, 0) is 37.5 Å². The Morgan fingerprint density at radius 2 is 1.66 bits per heavy atom. The number of alkyl halides is 2. The largest absolute Gasteiger partial charge is 3.00 e. The Morgan fingerprint density at radius 1 is 1.07 bits per heavy atom. The second kappa shape index (κ2) is 9.46. The Hall–Kier alpha value is 0.354. The van der Waals surface area contributed by atoms with Gasteiger partial charge in [-0.2, -0.15) is 0 Å². The van der Waals surface area contributed by atoms with E-state index in [1.54, 1.807) is 0 Å². The van der Waals surface area contributed by atoms with Crippen molar-refractivity contribution < 1.29 is 51.4 Å². The Morgan fingerprint density at radius 3 is 2.24 bits per heavy atom. The molecule has 1 spiro atoms. The van der Waals surface area contributed by atoms with Crippen molar-refractivity contribution in [2.75, 3.05) is 19.6 Å². The number of β-amino-alcohol motifs (C(OH)–C–C–N with tert-alkyl or cyclic N) is 1. The van der Waals surface area contributed by atoms with Crippen molar-refractivity contribution in [1.82, 2.24) is 10.2 Å². The maximum Gasteiger partial charge on any atom is 3.00 e. The number of halogens is 2. The molecular formula is C22H33F2N2O2Y. The average Bonchev–Trinajstić information content (AvgIpc) is 2.65. The Labute approximate surface area is 198 Å². The molecule has 0 unspecified atom stereocenters. The molecule has 0 aromatic rings. The number of aliphatic hydroxyl groups is 1. The van der Waals surface area contributed by atoms with Gasteiger partial charge >= 0.3 is 32.7 Å². The van der Waals surface area contributed by atoms with Gasteiger partial charge in [-0.1, -0.05) is 0 Å². The van der Waals surface area contributed by atoms with Crippen molar-refractivity contribution in [3.05, 3.63) is 18.9 Å². The summed E-state index contributed by atoms with van der Waals surface area (Å²) < 4.78 is 26.7. The van der Waals surface area contributed by atoms with Crippen LogP contribution in [0.3, 0.4) is 0 Å². The van der Waals surface area contributed by atoms with E-state index in [0.29, 0.717) is 6.54 Å². The molecule has 3 saturated carbocycles. The van der Waals surface area contributed by atoms with Crippen LogP contribution in [0.4, 0.5) is 8.78 Å². The maximum absolute atomic E-state index is 13.4. The third-order valence-corrected chi connectivity index (χ3v) is 7.38. The summed E-state index contributed by atoms with van der Waals surface area (Å²) in [5, 5.41) is 13.8. The average molecular weight is 484 g/mol. The molecule has 1 amide bonds. The molecule has 0 aromatic carbocycles. The number of carbonyl (C=O) groups excluding carboxylic acids is 1. The van der Waals surface area contributed by atoms with Gasteiger partial charge in [-0.3, -0.25) is 28.6 Å². The summed E-state index contributed by atoms with van der Waals surface area (Å²) in [6, 6.07) is 1.12. The second-order valence-electron chi connectivity index (χ2n) is 9.81. The number of amides is 1. The van der Waals surface area contributed by atoms with Gasteiger partial charge in [0.05, 0.1) is 5.60 Å². The Balaban J connectivity index is 0.00000240. The van der Waals surface area contributed by atoms with E-state index >= 15 is 0 Å². The molecule has 4 nitrogen and oxygen atoms in total. The van der Waals surface area contributed by atoms with Crippen LogP contribution < -0.4 is 5.32 Å². The summed E-state index contributed by atoms with van der Waals surface area (Å²) in [4.78, 5) is 14.8. The van der Waals surface area contributed by atoms with E-state index in [4.69, 9.17) is 0 Å². The summed E-state index contributed by atoms with van der Waals surface area (Å²) in [6.45, 7) is 2.38. The van der Waals surface area contributed by atoms with Crippen molar-refractivity contribution in [3.63, 3.8) is 0 Å². The Kier molecular flexibility index (Phi) is 7.83. The van der Waals surface area contributed by atoms with Crippen molar-refractivity contribution in [2.24, 2.45) is 11.3 Å². The summed E-state index contributed by atoms with van der Waals surface area (Å²) in [6.07, 6.45) is 11.1. The number of hydrogen-bond acceptors (Lipinski definition) is 3. The van der Waals surface area contributed by atoms with E-state index in [-0.39, 0.29) is 75.6 Å². The molecule has 4 rings (SSSR count). The van der Waals surface area contributed by atoms with Crippen molar-refractivity contribution in [1.29, 1.82) is 0 Å². The molecule has 3 aliphatic carbocycles. The zero-order valence-electron chi connectivity index (χ0n) is 17.3. The summed E-state index contributed by atoms with van der Waals surface area (Å²) >= 11 is 0. The molecule has 1 aliphatic heterocycles. The van der Waals surface area contributed by atoms with E-state index < -0.39 is 11.5 Å². The predicted octanol–water partition coefficient (Wildman–Crippen LogP) is 3.66. The normalized spacial score (nSPS) is 29.6. The zero-order valence-corrected chi connectivity index (χ0v) is 20.1. The molecule has 1 saturated heterocycles. The van der Waals surface area contributed by atoms with Crippen LogP contribution in [0, 0.1) is 30.2 Å². The minimum absolute atomic E-state index is 0. The Bertz CT molecular complexity index is 557. The van der Waals surface area contributed by atoms with E-state index in [9.17, 15) is 18.7 Å². The van der Waals surface area contributed by atoms with Crippen LogP contribution in [-0.4, -0.2) is 47.1 Å². The molecule has 0 aromatic heterocycles. The van der Waals surface area contributed by atoms with E-state index in [1.807, 2.05) is 0 Å². The molecule has 0 bridgehead atoms. The minimum Gasteiger partial charge on any atom is -0.507 e. The van der Waals surface area contributed by atoms with Gasteiger partial charge in [-0.05, 0) is 43.9 Å². The number of hydrogen-bond donors (Lipinski definition) is 2. The number of carbonyl (C=O) groups is 1. The topological polar surface area (TPSA) is 52.6 Å². The number of nitrogens with zero attached hydrogens (tertiary/aromatic N) is 1. The third kappa shape index (κ3) is 5.99. The fraction of sp³-hybridized carbons (Fsp3) is 0.818. The van der Waals surface area contributed by atoms with E-state index in [0.717, 1.165) is 64.1 Å². The SMILES string of the molecule is O=C(N[C-]1C[CH-]C[CH-]C1)C1CCC2(CC1)CN(CC1(O)CCC(F)(F)CC1)C2.[Y+3]. The summed E-state index contributed by atoms with van der Waals surface area (Å²) in [5.74, 6) is -2.31. The molecular weight excluding hydrogens is 451 g/mol. The zero-order chi connectivity index (χ0) is 19.8. The number of likely N-dealkylation sites (tertiary alicyclic amines) is 1. The van der Waals surface area contributed by atoms with Gasteiger partial charge in [0, 0.05) is 38.4 Å². The van der Waals surface area contributed by atoms with Crippen LogP contribution in [0.25, 0.3) is 0 Å². The summed E-state index contributed by atoms with van der Waals surface area (Å²) in [7, 11) is 0. The quantitative estimate of drug-likeness (QED) is 0.599. The van der Waals surface area contributed by atoms with Crippen molar-refractivity contribution in [2.45, 2.75) is 82.2 Å². The van der Waals surface area contributed by atoms with Crippen molar-refractivity contribution >= 4 is 5.91 Å². The number of rotatable bonds is 4. The first-order valence-corrected chi connectivity index (χ1v) is 10.9. The van der Waals surface area contributed by atoms with Crippen LogP contribution in [0.1, 0.15) is 70.6 Å². The van der Waals surface area contributed by atoms with Crippen LogP contribution in [0.5, 0.6) is 0 Å². The van der Waals surface area contributed by atoms with Gasteiger partial charge in [-0.25, -0.2) is 8.78 Å². The first-order chi connectivity index (χ1) is 13.3. The number of nitrogens with one attached hydrogen (secondary N) is 1. The van der Waals surface area contributed by atoms with Crippen LogP contribution in [0.15, 0.2) is 0 Å². The minimum atomic E-state index is -2.60. The fourth-order valence-corrected chi connectivity index (χ4v) is 5.57. The van der Waals surface area contributed by atoms with Crippen LogP contribution >= 0.6 is 0 Å². The predicted molar refractivity (Wildman–Crippen MR) is 103 cm³/mol. The molecule has 160 valence electrons. The maximum atomic E-state index is 13.4. The van der Waals surface area contributed by atoms with Gasteiger partial charge in [0.25, 0.3) is 0 Å². The molecule has 0 radical (unpaired) electrons. The van der Waals surface area contributed by atoms with Gasteiger partial charge in [0.15, 0.2) is 5.91 Å². The van der Waals surface area contributed by atoms with Gasteiger partial charge in [0.2, 0.25) is 5.92 Å². The molecule has 0 atom stereocenters. The molecule has 4 fully saturated rings. The fourth-order valence-electron chi connectivity index (χ4n) is 5.57. The van der Waals surface area contributed by atoms with E-state index in [2.05, 4.69) is 23.1 Å². The van der Waals surface area contributed by atoms with Gasteiger partial charge in [-0.15, -0.1) is 0 Å². The first-order valence-electron chi connectivity index (χ1n) is 10.9.